The minimum atomic E-state index is -0.113. The lowest BCUT2D eigenvalue weighted by Crippen LogP contribution is -2.29. The zero-order chi connectivity index (χ0) is 16.2. The van der Waals surface area contributed by atoms with E-state index in [4.69, 9.17) is 4.74 Å². The molecule has 124 valence electrons. The summed E-state index contributed by atoms with van der Waals surface area (Å²) in [5.74, 6) is -0.113. The van der Waals surface area contributed by atoms with Crippen molar-refractivity contribution in [3.05, 3.63) is 15.6 Å². The summed E-state index contributed by atoms with van der Waals surface area (Å²) in [6.07, 6.45) is 2.04. The van der Waals surface area contributed by atoms with Crippen molar-refractivity contribution in [3.63, 3.8) is 0 Å². The summed E-state index contributed by atoms with van der Waals surface area (Å²) in [7, 11) is 1.89. The fraction of sp³-hybridized carbons (Fsp3) is 0.615. The number of aromatic nitrogens is 4. The molecule has 0 radical (unpaired) electrons. The van der Waals surface area contributed by atoms with Crippen LogP contribution in [0.3, 0.4) is 0 Å². The average molecular weight is 354 g/mol. The van der Waals surface area contributed by atoms with Crippen LogP contribution in [-0.4, -0.2) is 50.8 Å². The number of ether oxygens (including phenoxy) is 1. The van der Waals surface area contributed by atoms with Crippen LogP contribution in [0.1, 0.15) is 34.5 Å². The van der Waals surface area contributed by atoms with Gasteiger partial charge >= 0.3 is 0 Å². The molecule has 2 aromatic heterocycles. The number of nitrogens with zero attached hydrogens (tertiary/aromatic N) is 5. The second kappa shape index (κ2) is 7.39. The van der Waals surface area contributed by atoms with Crippen molar-refractivity contribution in [1.82, 2.24) is 24.7 Å². The van der Waals surface area contributed by atoms with Crippen LogP contribution in [0, 0.1) is 6.92 Å². The number of rotatable bonds is 6. The van der Waals surface area contributed by atoms with Crippen LogP contribution in [-0.2, 0) is 16.1 Å². The van der Waals surface area contributed by atoms with Gasteiger partial charge in [0, 0.05) is 13.2 Å². The van der Waals surface area contributed by atoms with Gasteiger partial charge in [0.25, 0.3) is 0 Å². The minimum Gasteiger partial charge on any atom is -0.371 e. The van der Waals surface area contributed by atoms with Gasteiger partial charge in [-0.2, -0.15) is 0 Å². The van der Waals surface area contributed by atoms with Crippen LogP contribution in [0.15, 0.2) is 0 Å². The molecule has 23 heavy (non-hydrogen) atoms. The van der Waals surface area contributed by atoms with Crippen molar-refractivity contribution in [3.8, 4) is 0 Å². The number of carbonyl (C=O) groups excluding carboxylic acids is 1. The molecule has 3 rings (SSSR count). The summed E-state index contributed by atoms with van der Waals surface area (Å²) in [6, 6.07) is 0. The van der Waals surface area contributed by atoms with Gasteiger partial charge in [0.2, 0.25) is 11.0 Å². The van der Waals surface area contributed by atoms with E-state index in [1.807, 2.05) is 18.9 Å². The van der Waals surface area contributed by atoms with Gasteiger partial charge in [-0.25, -0.2) is 0 Å². The quantitative estimate of drug-likeness (QED) is 0.842. The summed E-state index contributed by atoms with van der Waals surface area (Å²) in [5.41, 5.74) is 0.910. The number of anilines is 1. The molecule has 0 bridgehead atoms. The predicted molar refractivity (Wildman–Crippen MR) is 87.4 cm³/mol. The Morgan fingerprint density at radius 2 is 2.30 bits per heavy atom. The highest BCUT2D eigenvalue weighted by Crippen LogP contribution is 2.31. The number of nitrogens with one attached hydrogen (secondary N) is 1. The number of likely N-dealkylation sites (N-methyl/N-ethyl adjacent to an activating group) is 1. The van der Waals surface area contributed by atoms with E-state index in [0.29, 0.717) is 11.7 Å². The number of hydrogen-bond donors (Lipinski definition) is 1. The van der Waals surface area contributed by atoms with Gasteiger partial charge in [0.05, 0.1) is 17.1 Å². The molecule has 1 fully saturated rings. The molecule has 2 aromatic rings. The third-order valence-corrected chi connectivity index (χ3v) is 5.20. The number of amides is 1. The van der Waals surface area contributed by atoms with Gasteiger partial charge in [-0.3, -0.25) is 15.0 Å². The van der Waals surface area contributed by atoms with Crippen LogP contribution in [0.25, 0.3) is 0 Å². The summed E-state index contributed by atoms with van der Waals surface area (Å²) >= 11 is 2.74. The molecule has 1 saturated heterocycles. The predicted octanol–water partition coefficient (Wildman–Crippen LogP) is 1.62. The largest absolute Gasteiger partial charge is 0.371 e. The maximum Gasteiger partial charge on any atom is 0.240 e. The number of aryl methyl sites for hydroxylation is 1. The molecule has 1 aliphatic rings. The van der Waals surface area contributed by atoms with Crippen molar-refractivity contribution in [2.75, 3.05) is 25.5 Å². The van der Waals surface area contributed by atoms with Crippen molar-refractivity contribution in [2.45, 2.75) is 32.4 Å². The van der Waals surface area contributed by atoms with Crippen molar-refractivity contribution in [1.29, 1.82) is 0 Å². The first-order valence-corrected chi connectivity index (χ1v) is 8.92. The molecule has 10 heteroatoms. The first kappa shape index (κ1) is 16.4. The molecule has 1 unspecified atom stereocenters. The molecule has 0 saturated carbocycles. The number of hydrogen-bond acceptors (Lipinski definition) is 9. The Morgan fingerprint density at radius 1 is 1.43 bits per heavy atom. The Hall–Kier alpha value is -1.49. The smallest absolute Gasteiger partial charge is 0.240 e. The molecular weight excluding hydrogens is 336 g/mol. The van der Waals surface area contributed by atoms with Crippen LogP contribution in [0.5, 0.6) is 0 Å². The molecule has 1 atom stereocenters. The Balaban J connectivity index is 1.50. The Morgan fingerprint density at radius 3 is 3.00 bits per heavy atom. The highest BCUT2D eigenvalue weighted by atomic mass is 32.1. The molecule has 3 heterocycles. The SMILES string of the molecule is Cc1nnsc1CN(C)CC(=O)Nc1nnc(C2CCCO2)s1. The van der Waals surface area contributed by atoms with Gasteiger partial charge in [0.1, 0.15) is 11.1 Å². The molecule has 1 amide bonds. The van der Waals surface area contributed by atoms with E-state index in [9.17, 15) is 4.79 Å². The molecule has 0 aliphatic carbocycles. The van der Waals surface area contributed by atoms with Crippen molar-refractivity contribution >= 4 is 33.9 Å². The van der Waals surface area contributed by atoms with Gasteiger partial charge in [0.15, 0.2) is 0 Å². The van der Waals surface area contributed by atoms with E-state index < -0.39 is 0 Å². The van der Waals surface area contributed by atoms with Gasteiger partial charge < -0.3 is 4.74 Å². The Labute approximate surface area is 142 Å². The molecular formula is C13H18N6O2S2. The topological polar surface area (TPSA) is 93.1 Å². The fourth-order valence-electron chi connectivity index (χ4n) is 2.29. The Kier molecular flexibility index (Phi) is 5.26. The van der Waals surface area contributed by atoms with Crippen LogP contribution in [0.2, 0.25) is 0 Å². The lowest BCUT2D eigenvalue weighted by molar-refractivity contribution is -0.117. The van der Waals surface area contributed by atoms with Gasteiger partial charge in [-0.05, 0) is 38.3 Å². The second-order valence-electron chi connectivity index (χ2n) is 5.45. The van der Waals surface area contributed by atoms with E-state index in [1.54, 1.807) is 0 Å². The van der Waals surface area contributed by atoms with Gasteiger partial charge in [-0.1, -0.05) is 15.8 Å². The second-order valence-corrected chi connectivity index (χ2v) is 7.30. The Bertz CT molecular complexity index is 667. The first-order valence-electron chi connectivity index (χ1n) is 7.33. The lowest BCUT2D eigenvalue weighted by atomic mass is 10.2. The van der Waals surface area contributed by atoms with E-state index in [2.05, 4.69) is 25.1 Å². The van der Waals surface area contributed by atoms with Gasteiger partial charge in [-0.15, -0.1) is 15.3 Å². The van der Waals surface area contributed by atoms with E-state index in [0.717, 1.165) is 35.0 Å². The highest BCUT2D eigenvalue weighted by molar-refractivity contribution is 7.15. The minimum absolute atomic E-state index is 0.0302. The van der Waals surface area contributed by atoms with Crippen LogP contribution < -0.4 is 5.32 Å². The zero-order valence-electron chi connectivity index (χ0n) is 13.0. The summed E-state index contributed by atoms with van der Waals surface area (Å²) in [6.45, 7) is 3.60. The monoisotopic (exact) mass is 354 g/mol. The maximum atomic E-state index is 12.1. The van der Waals surface area contributed by atoms with E-state index in [-0.39, 0.29) is 18.6 Å². The third-order valence-electron chi connectivity index (χ3n) is 3.46. The lowest BCUT2D eigenvalue weighted by Gasteiger charge is -2.14. The molecule has 0 spiro atoms. The third kappa shape index (κ3) is 4.28. The summed E-state index contributed by atoms with van der Waals surface area (Å²) in [4.78, 5) is 15.1. The zero-order valence-corrected chi connectivity index (χ0v) is 14.6. The summed E-state index contributed by atoms with van der Waals surface area (Å²) in [5, 5.41) is 16.2. The summed E-state index contributed by atoms with van der Waals surface area (Å²) < 4.78 is 9.47. The number of carbonyl (C=O) groups is 1. The van der Waals surface area contributed by atoms with Crippen LogP contribution in [0.4, 0.5) is 5.13 Å². The van der Waals surface area contributed by atoms with Crippen molar-refractivity contribution < 1.29 is 9.53 Å². The van der Waals surface area contributed by atoms with Crippen molar-refractivity contribution in [2.24, 2.45) is 0 Å². The molecule has 8 nitrogen and oxygen atoms in total. The standard InChI is InChI=1S/C13H18N6O2S2/c1-8-10(23-18-15-8)6-19(2)7-11(20)14-13-17-16-12(22-13)9-4-3-5-21-9/h9H,3-7H2,1-2H3,(H,14,17,20). The normalized spacial score (nSPS) is 17.8. The molecule has 0 aromatic carbocycles. The molecule has 1 aliphatic heterocycles. The average Bonchev–Trinajstić information content (AvgIpc) is 3.21. The molecule has 1 N–H and O–H groups in total. The van der Waals surface area contributed by atoms with E-state index in [1.165, 1.54) is 22.9 Å². The highest BCUT2D eigenvalue weighted by Gasteiger charge is 2.22. The fourth-order valence-corrected chi connectivity index (χ4v) is 3.85. The first-order chi connectivity index (χ1) is 11.1. The van der Waals surface area contributed by atoms with E-state index >= 15 is 0 Å². The maximum absolute atomic E-state index is 12.1. The van der Waals surface area contributed by atoms with Crippen LogP contribution >= 0.6 is 22.9 Å².